The van der Waals surface area contributed by atoms with Gasteiger partial charge in [-0.25, -0.2) is 0 Å². The summed E-state index contributed by atoms with van der Waals surface area (Å²) in [6.45, 7) is 3.94. The molecule has 13 heavy (non-hydrogen) atoms. The molecule has 1 fully saturated rings. The lowest BCUT2D eigenvalue weighted by Gasteiger charge is -2.05. The lowest BCUT2D eigenvalue weighted by molar-refractivity contribution is -0.112. The van der Waals surface area contributed by atoms with E-state index in [9.17, 15) is 4.79 Å². The molecule has 0 aliphatic heterocycles. The number of carbonyl (C=O) groups is 1. The zero-order chi connectivity index (χ0) is 9.68. The van der Waals surface area contributed by atoms with E-state index in [0.717, 1.165) is 10.8 Å². The molecule has 74 valence electrons. The second-order valence-corrected chi connectivity index (χ2v) is 5.19. The van der Waals surface area contributed by atoms with Crippen LogP contribution in [0.5, 0.6) is 0 Å². The number of carbonyl (C=O) groups excluding carboxylic acids is 1. The van der Waals surface area contributed by atoms with E-state index in [1.54, 1.807) is 6.08 Å². The van der Waals surface area contributed by atoms with Crippen LogP contribution in [0.1, 0.15) is 39.5 Å². The number of hydrogen-bond acceptors (Lipinski definition) is 2. The molecule has 0 saturated heterocycles. The second kappa shape index (κ2) is 5.48. The van der Waals surface area contributed by atoms with Gasteiger partial charge in [-0.1, -0.05) is 18.4 Å². The van der Waals surface area contributed by atoms with Crippen molar-refractivity contribution < 1.29 is 4.79 Å². The van der Waals surface area contributed by atoms with Crippen molar-refractivity contribution in [3.05, 3.63) is 11.6 Å². The molecule has 0 amide bonds. The van der Waals surface area contributed by atoms with Crippen molar-refractivity contribution in [3.63, 3.8) is 0 Å². The predicted octanol–water partition coefficient (Wildman–Crippen LogP) is 3.20. The molecule has 0 atom stereocenters. The molecule has 1 saturated carbocycles. The third-order valence-corrected chi connectivity index (χ3v) is 3.61. The van der Waals surface area contributed by atoms with Crippen LogP contribution in [-0.2, 0) is 4.79 Å². The first kappa shape index (κ1) is 10.8. The monoisotopic (exact) mass is 198 g/mol. The van der Waals surface area contributed by atoms with E-state index in [1.165, 1.54) is 25.7 Å². The predicted molar refractivity (Wildman–Crippen MR) is 59.2 cm³/mol. The summed E-state index contributed by atoms with van der Waals surface area (Å²) in [7, 11) is 0. The molecule has 0 heterocycles. The largest absolute Gasteiger partial charge is 0.294 e. The summed E-state index contributed by atoms with van der Waals surface area (Å²) in [5.74, 6) is 0.951. The molecule has 1 rings (SSSR count). The summed E-state index contributed by atoms with van der Waals surface area (Å²) in [4.78, 5) is 11.3. The minimum Gasteiger partial charge on any atom is -0.294 e. The Labute approximate surface area is 85.0 Å². The Morgan fingerprint density at radius 3 is 2.54 bits per heavy atom. The first-order chi connectivity index (χ1) is 6.18. The Balaban J connectivity index is 2.18. The SMILES string of the molecule is CC(C)=CC(=O)CSC1CCCC1. The first-order valence-corrected chi connectivity index (χ1v) is 6.02. The van der Waals surface area contributed by atoms with Crippen LogP contribution in [0.2, 0.25) is 0 Å². The minimum absolute atomic E-state index is 0.275. The zero-order valence-corrected chi connectivity index (χ0v) is 9.32. The first-order valence-electron chi connectivity index (χ1n) is 4.98. The van der Waals surface area contributed by atoms with Crippen molar-refractivity contribution in [2.24, 2.45) is 0 Å². The Kier molecular flexibility index (Phi) is 4.57. The average Bonchev–Trinajstić information content (AvgIpc) is 2.51. The molecule has 2 heteroatoms. The van der Waals surface area contributed by atoms with Gasteiger partial charge in [0.15, 0.2) is 5.78 Å². The molecule has 0 bridgehead atoms. The van der Waals surface area contributed by atoms with E-state index in [4.69, 9.17) is 0 Å². The van der Waals surface area contributed by atoms with Gasteiger partial charge in [0.2, 0.25) is 0 Å². The fraction of sp³-hybridized carbons (Fsp3) is 0.727. The molecule has 1 aliphatic carbocycles. The normalized spacial score (nSPS) is 17.4. The molecule has 0 spiro atoms. The fourth-order valence-electron chi connectivity index (χ4n) is 1.62. The summed E-state index contributed by atoms with van der Waals surface area (Å²) in [6, 6.07) is 0. The van der Waals surface area contributed by atoms with E-state index < -0.39 is 0 Å². The van der Waals surface area contributed by atoms with Crippen molar-refractivity contribution in [1.29, 1.82) is 0 Å². The molecular formula is C11H18OS. The van der Waals surface area contributed by atoms with E-state index in [1.807, 2.05) is 25.6 Å². The molecule has 0 radical (unpaired) electrons. The van der Waals surface area contributed by atoms with Crippen molar-refractivity contribution >= 4 is 17.5 Å². The fourth-order valence-corrected chi connectivity index (χ4v) is 2.77. The number of allylic oxidation sites excluding steroid dienone is 2. The average molecular weight is 198 g/mol. The Morgan fingerprint density at radius 1 is 1.38 bits per heavy atom. The molecule has 0 unspecified atom stereocenters. The number of ketones is 1. The highest BCUT2D eigenvalue weighted by Gasteiger charge is 2.15. The van der Waals surface area contributed by atoms with Gasteiger partial charge in [0, 0.05) is 5.25 Å². The van der Waals surface area contributed by atoms with E-state index >= 15 is 0 Å². The topological polar surface area (TPSA) is 17.1 Å². The van der Waals surface area contributed by atoms with Gasteiger partial charge in [-0.3, -0.25) is 4.79 Å². The lowest BCUT2D eigenvalue weighted by atomic mass is 10.3. The maximum absolute atomic E-state index is 11.3. The quantitative estimate of drug-likeness (QED) is 0.645. The van der Waals surface area contributed by atoms with Crippen molar-refractivity contribution in [1.82, 2.24) is 0 Å². The van der Waals surface area contributed by atoms with Crippen LogP contribution < -0.4 is 0 Å². The van der Waals surface area contributed by atoms with Crippen LogP contribution in [0.25, 0.3) is 0 Å². The highest BCUT2D eigenvalue weighted by atomic mass is 32.2. The molecule has 1 aliphatic rings. The molecular weight excluding hydrogens is 180 g/mol. The van der Waals surface area contributed by atoms with Gasteiger partial charge < -0.3 is 0 Å². The molecule has 0 aromatic carbocycles. The van der Waals surface area contributed by atoms with Gasteiger partial charge in [-0.05, 0) is 32.8 Å². The molecule has 0 N–H and O–H groups in total. The van der Waals surface area contributed by atoms with Gasteiger partial charge in [-0.2, -0.15) is 11.8 Å². The van der Waals surface area contributed by atoms with Crippen LogP contribution in [0.3, 0.4) is 0 Å². The third kappa shape index (κ3) is 4.51. The minimum atomic E-state index is 0.275. The van der Waals surface area contributed by atoms with E-state index in [0.29, 0.717) is 5.75 Å². The summed E-state index contributed by atoms with van der Waals surface area (Å²) >= 11 is 1.84. The lowest BCUT2D eigenvalue weighted by Crippen LogP contribution is -2.03. The number of thioether (sulfide) groups is 1. The standard InChI is InChI=1S/C11H18OS/c1-9(2)7-10(12)8-13-11-5-3-4-6-11/h7,11H,3-6,8H2,1-2H3. The molecule has 0 aromatic rings. The summed E-state index contributed by atoms with van der Waals surface area (Å²) in [6.07, 6.45) is 7.09. The Bertz CT molecular complexity index is 198. The van der Waals surface area contributed by atoms with Gasteiger partial charge >= 0.3 is 0 Å². The number of rotatable bonds is 4. The van der Waals surface area contributed by atoms with Crippen molar-refractivity contribution in [2.45, 2.75) is 44.8 Å². The summed E-state index contributed by atoms with van der Waals surface area (Å²) in [5.41, 5.74) is 1.11. The van der Waals surface area contributed by atoms with Gasteiger partial charge in [0.1, 0.15) is 0 Å². The highest BCUT2D eigenvalue weighted by molar-refractivity contribution is 8.00. The molecule has 0 aromatic heterocycles. The maximum atomic E-state index is 11.3. The van der Waals surface area contributed by atoms with E-state index in [2.05, 4.69) is 0 Å². The third-order valence-electron chi connectivity index (χ3n) is 2.21. The van der Waals surface area contributed by atoms with Gasteiger partial charge in [0.05, 0.1) is 5.75 Å². The van der Waals surface area contributed by atoms with E-state index in [-0.39, 0.29) is 5.78 Å². The van der Waals surface area contributed by atoms with Crippen molar-refractivity contribution in [2.75, 3.05) is 5.75 Å². The van der Waals surface area contributed by atoms with Gasteiger partial charge in [0.25, 0.3) is 0 Å². The smallest absolute Gasteiger partial charge is 0.165 e. The Hall–Kier alpha value is -0.240. The highest BCUT2D eigenvalue weighted by Crippen LogP contribution is 2.29. The van der Waals surface area contributed by atoms with Crippen LogP contribution in [0, 0.1) is 0 Å². The number of hydrogen-bond donors (Lipinski definition) is 0. The van der Waals surface area contributed by atoms with Crippen LogP contribution in [0.15, 0.2) is 11.6 Å². The van der Waals surface area contributed by atoms with Crippen molar-refractivity contribution in [3.8, 4) is 0 Å². The second-order valence-electron chi connectivity index (χ2n) is 3.91. The van der Waals surface area contributed by atoms with Crippen LogP contribution in [-0.4, -0.2) is 16.8 Å². The Morgan fingerprint density at radius 2 is 2.00 bits per heavy atom. The molecule has 1 nitrogen and oxygen atoms in total. The maximum Gasteiger partial charge on any atom is 0.165 e. The van der Waals surface area contributed by atoms with Crippen LogP contribution in [0.4, 0.5) is 0 Å². The summed E-state index contributed by atoms with van der Waals surface area (Å²) in [5, 5.41) is 0.759. The zero-order valence-electron chi connectivity index (χ0n) is 8.51. The van der Waals surface area contributed by atoms with Gasteiger partial charge in [-0.15, -0.1) is 0 Å². The summed E-state index contributed by atoms with van der Waals surface area (Å²) < 4.78 is 0. The van der Waals surface area contributed by atoms with Crippen LogP contribution >= 0.6 is 11.8 Å².